The molecule has 0 unspecified atom stereocenters. The molecular weight excluding hydrogens is 170 g/mol. The molecule has 0 saturated carbocycles. The van der Waals surface area contributed by atoms with E-state index in [0.717, 1.165) is 6.20 Å². The van der Waals surface area contributed by atoms with Crippen LogP contribution in [0.5, 0.6) is 0 Å². The molecule has 0 aliphatic heterocycles. The molecule has 5 nitrogen and oxygen atoms in total. The summed E-state index contributed by atoms with van der Waals surface area (Å²) in [6, 6.07) is 5.13. The van der Waals surface area contributed by atoms with Gasteiger partial charge in [-0.2, -0.15) is 0 Å². The van der Waals surface area contributed by atoms with Gasteiger partial charge in [0.05, 0.1) is 20.5 Å². The molecule has 1 aromatic carbocycles. The first-order valence-electron chi connectivity index (χ1n) is 3.69. The van der Waals surface area contributed by atoms with Crippen molar-refractivity contribution in [2.45, 2.75) is 0 Å². The zero-order valence-corrected chi connectivity index (χ0v) is 6.68. The lowest BCUT2D eigenvalue weighted by molar-refractivity contribution is -1.19. The molecule has 2 rings (SSSR count). The Bertz CT molecular complexity index is 470. The van der Waals surface area contributed by atoms with E-state index in [1.54, 1.807) is 18.2 Å². The minimum atomic E-state index is 0.193. The zero-order chi connectivity index (χ0) is 9.42. The van der Waals surface area contributed by atoms with Crippen LogP contribution in [0, 0.1) is 10.4 Å². The summed E-state index contributed by atoms with van der Waals surface area (Å²) in [5, 5.41) is 23.0. The second-order valence-electron chi connectivity index (χ2n) is 2.71. The van der Waals surface area contributed by atoms with Gasteiger partial charge in [0.15, 0.2) is 0 Å². The highest BCUT2D eigenvalue weighted by Crippen LogP contribution is 2.16. The van der Waals surface area contributed by atoms with Crippen molar-refractivity contribution < 1.29 is 9.69 Å². The van der Waals surface area contributed by atoms with Crippen LogP contribution in [-0.4, -0.2) is 0 Å². The Balaban J connectivity index is 2.89. The normalized spacial score (nSPS) is 10.5. The second kappa shape index (κ2) is 2.48. The molecule has 0 aliphatic rings. The van der Waals surface area contributed by atoms with E-state index >= 15 is 0 Å². The molecule has 1 aromatic heterocycles. The van der Waals surface area contributed by atoms with Crippen molar-refractivity contribution in [1.82, 2.24) is 0 Å². The SMILES string of the molecule is Nc1cccc2c[n+]([O-])[n+]([O-])cc12. The van der Waals surface area contributed by atoms with Crippen LogP contribution in [0.4, 0.5) is 5.69 Å². The van der Waals surface area contributed by atoms with Crippen LogP contribution in [0.2, 0.25) is 0 Å². The number of rotatable bonds is 0. The summed E-state index contributed by atoms with van der Waals surface area (Å²) in [7, 11) is 0. The summed E-state index contributed by atoms with van der Waals surface area (Å²) in [4.78, 5) is 0.403. The summed E-state index contributed by atoms with van der Waals surface area (Å²) in [6.07, 6.45) is 2.36. The average molecular weight is 177 g/mol. The highest BCUT2D eigenvalue weighted by molar-refractivity contribution is 5.90. The van der Waals surface area contributed by atoms with Crippen molar-refractivity contribution in [1.29, 1.82) is 0 Å². The molecule has 66 valence electrons. The predicted octanol–water partition coefficient (Wildman–Crippen LogP) is -0.311. The molecule has 13 heavy (non-hydrogen) atoms. The van der Waals surface area contributed by atoms with Gasteiger partial charge < -0.3 is 16.1 Å². The molecule has 0 amide bonds. The number of fused-ring (bicyclic) bond motifs is 1. The fraction of sp³-hybridized carbons (Fsp3) is 0. The number of benzene rings is 1. The third-order valence-corrected chi connectivity index (χ3v) is 1.86. The van der Waals surface area contributed by atoms with Gasteiger partial charge in [0.1, 0.15) is 0 Å². The fourth-order valence-corrected chi connectivity index (χ4v) is 1.21. The average Bonchev–Trinajstić information content (AvgIpc) is 2.09. The molecule has 0 saturated heterocycles. The van der Waals surface area contributed by atoms with Crippen LogP contribution in [0.15, 0.2) is 30.6 Å². The maximum atomic E-state index is 10.9. The number of nitrogen functional groups attached to an aromatic ring is 1. The molecule has 0 fully saturated rings. The number of anilines is 1. The summed E-state index contributed by atoms with van der Waals surface area (Å²) in [5.74, 6) is 0. The molecule has 0 spiro atoms. The molecule has 2 aromatic rings. The summed E-state index contributed by atoms with van der Waals surface area (Å²) < 4.78 is 0. The van der Waals surface area contributed by atoms with Crippen molar-refractivity contribution in [3.63, 3.8) is 0 Å². The van der Waals surface area contributed by atoms with Gasteiger partial charge in [-0.1, -0.05) is 6.07 Å². The highest BCUT2D eigenvalue weighted by atomic mass is 16.6. The van der Waals surface area contributed by atoms with Gasteiger partial charge in [-0.3, -0.25) is 0 Å². The Labute approximate surface area is 73.8 Å². The first-order valence-corrected chi connectivity index (χ1v) is 3.69. The third-order valence-electron chi connectivity index (χ3n) is 1.86. The lowest BCUT2D eigenvalue weighted by Crippen LogP contribution is -2.60. The molecule has 0 atom stereocenters. The number of hydrogen-bond donors (Lipinski definition) is 1. The van der Waals surface area contributed by atoms with Gasteiger partial charge in [0.2, 0.25) is 0 Å². The first-order chi connectivity index (χ1) is 6.18. The zero-order valence-electron chi connectivity index (χ0n) is 6.68. The first kappa shape index (κ1) is 7.60. The van der Waals surface area contributed by atoms with Crippen molar-refractivity contribution in [2.24, 2.45) is 0 Å². The topological polar surface area (TPSA) is 79.9 Å². The Morgan fingerprint density at radius 3 is 2.54 bits per heavy atom. The van der Waals surface area contributed by atoms with Gasteiger partial charge in [-0.15, -0.1) is 0 Å². The van der Waals surface area contributed by atoms with Crippen molar-refractivity contribution in [3.05, 3.63) is 41.0 Å². The molecular formula is C8H7N3O2. The number of hydrogen-bond acceptors (Lipinski definition) is 3. The van der Waals surface area contributed by atoms with E-state index in [1.165, 1.54) is 6.20 Å². The van der Waals surface area contributed by atoms with Crippen molar-refractivity contribution >= 4 is 16.5 Å². The second-order valence-corrected chi connectivity index (χ2v) is 2.71. The Morgan fingerprint density at radius 2 is 1.77 bits per heavy atom. The smallest absolute Gasteiger partial charge is 0.262 e. The molecule has 2 N–H and O–H groups in total. The Morgan fingerprint density at radius 1 is 1.08 bits per heavy atom. The van der Waals surface area contributed by atoms with Crippen LogP contribution in [-0.2, 0) is 0 Å². The molecule has 5 heteroatoms. The Hall–Kier alpha value is -2.04. The number of nitrogens with two attached hydrogens (primary N) is 1. The van der Waals surface area contributed by atoms with Crippen molar-refractivity contribution in [3.8, 4) is 0 Å². The van der Waals surface area contributed by atoms with E-state index < -0.39 is 0 Å². The van der Waals surface area contributed by atoms with E-state index in [9.17, 15) is 10.4 Å². The van der Waals surface area contributed by atoms with Gasteiger partial charge >= 0.3 is 0 Å². The summed E-state index contributed by atoms with van der Waals surface area (Å²) in [6.45, 7) is 0. The van der Waals surface area contributed by atoms with E-state index in [1.807, 2.05) is 0 Å². The van der Waals surface area contributed by atoms with Crippen LogP contribution in [0.1, 0.15) is 0 Å². The lowest BCUT2D eigenvalue weighted by Gasteiger charge is -2.00. The van der Waals surface area contributed by atoms with Crippen LogP contribution in [0.3, 0.4) is 0 Å². The largest absolute Gasteiger partial charge is 0.561 e. The van der Waals surface area contributed by atoms with Crippen LogP contribution >= 0.6 is 0 Å². The quantitative estimate of drug-likeness (QED) is 0.340. The highest BCUT2D eigenvalue weighted by Gasteiger charge is 2.08. The summed E-state index contributed by atoms with van der Waals surface area (Å²) in [5.41, 5.74) is 6.10. The van der Waals surface area contributed by atoms with Crippen LogP contribution < -0.4 is 15.4 Å². The van der Waals surface area contributed by atoms with Crippen LogP contribution in [0.25, 0.3) is 10.8 Å². The molecule has 0 aliphatic carbocycles. The monoisotopic (exact) mass is 177 g/mol. The van der Waals surface area contributed by atoms with Gasteiger partial charge in [0.25, 0.3) is 12.4 Å². The number of nitrogens with zero attached hydrogens (tertiary/aromatic N) is 2. The third kappa shape index (κ3) is 1.10. The Kier molecular flexibility index (Phi) is 1.45. The maximum absolute atomic E-state index is 10.9. The molecule has 0 radical (unpaired) electrons. The molecule has 1 heterocycles. The fourth-order valence-electron chi connectivity index (χ4n) is 1.21. The minimum Gasteiger partial charge on any atom is -0.561 e. The van der Waals surface area contributed by atoms with Crippen molar-refractivity contribution in [2.75, 3.05) is 5.73 Å². The predicted molar refractivity (Wildman–Crippen MR) is 46.3 cm³/mol. The van der Waals surface area contributed by atoms with E-state index in [2.05, 4.69) is 0 Å². The number of aromatic nitrogens is 2. The summed E-state index contributed by atoms with van der Waals surface area (Å²) >= 11 is 0. The lowest BCUT2D eigenvalue weighted by atomic mass is 10.2. The van der Waals surface area contributed by atoms with E-state index in [0.29, 0.717) is 16.5 Å². The van der Waals surface area contributed by atoms with Gasteiger partial charge in [0, 0.05) is 5.69 Å². The maximum Gasteiger partial charge on any atom is 0.262 e. The standard InChI is InChI=1S/C8H7N3O2/c9-8-3-1-2-6-4-10(12)11(13)5-7(6)8/h1-5H,9H2. The molecule has 0 bridgehead atoms. The van der Waals surface area contributed by atoms with Gasteiger partial charge in [-0.05, 0) is 12.1 Å². The van der Waals surface area contributed by atoms with E-state index in [4.69, 9.17) is 5.73 Å². The van der Waals surface area contributed by atoms with Gasteiger partial charge in [-0.25, -0.2) is 0 Å². The van der Waals surface area contributed by atoms with E-state index in [-0.39, 0.29) is 9.69 Å². The minimum absolute atomic E-state index is 0.193.